The third kappa shape index (κ3) is 13.2. The monoisotopic (exact) mass is 946 g/mol. The minimum absolute atomic E-state index is 0.0726. The molecule has 0 saturated carbocycles. The highest BCUT2D eigenvalue weighted by Crippen LogP contribution is 2.42. The Morgan fingerprint density at radius 3 is 2.18 bits per heavy atom. The third-order valence-electron chi connectivity index (χ3n) is 13.1. The summed E-state index contributed by atoms with van der Waals surface area (Å²) in [5.74, 6) is -1.10. The number of pyridine rings is 1. The summed E-state index contributed by atoms with van der Waals surface area (Å²) in [5.41, 5.74) is -0.212. The third-order valence-corrected chi connectivity index (χ3v) is 17.6. The summed E-state index contributed by atoms with van der Waals surface area (Å²) < 4.78 is 18.8. The van der Waals surface area contributed by atoms with E-state index in [1.165, 1.54) is 23.8 Å². The van der Waals surface area contributed by atoms with E-state index in [1.54, 1.807) is 65.6 Å². The number of unbranched alkanes of at least 4 members (excludes halogenated alkanes) is 1. The first-order valence-corrected chi connectivity index (χ1v) is 26.7. The predicted molar refractivity (Wildman–Crippen MR) is 268 cm³/mol. The summed E-state index contributed by atoms with van der Waals surface area (Å²) in [7, 11) is -2.47. The maximum Gasteiger partial charge on any atom is 0.410 e. The van der Waals surface area contributed by atoms with Crippen molar-refractivity contribution in [2.75, 3.05) is 39.3 Å². The fourth-order valence-corrected chi connectivity index (χ4v) is 9.47. The lowest BCUT2D eigenvalue weighted by Crippen LogP contribution is -2.46. The molecule has 68 heavy (non-hydrogen) atoms. The number of hydrogen-bond acceptors (Lipinski definition) is 10. The van der Waals surface area contributed by atoms with Crippen molar-refractivity contribution >= 4 is 37.2 Å². The molecule has 5 aromatic rings. The van der Waals surface area contributed by atoms with E-state index in [9.17, 15) is 29.4 Å². The molecule has 0 spiro atoms. The van der Waals surface area contributed by atoms with Crippen LogP contribution in [0.4, 0.5) is 4.79 Å². The maximum atomic E-state index is 14.0. The van der Waals surface area contributed by atoms with E-state index in [0.717, 1.165) is 32.5 Å². The van der Waals surface area contributed by atoms with Crippen molar-refractivity contribution in [1.29, 1.82) is 0 Å². The number of aromatic nitrogens is 1. The van der Waals surface area contributed by atoms with Gasteiger partial charge in [-0.2, -0.15) is 0 Å². The Hall–Kier alpha value is -5.80. The Kier molecular flexibility index (Phi) is 16.8. The molecule has 364 valence electrons. The van der Waals surface area contributed by atoms with Gasteiger partial charge in [-0.25, -0.2) is 9.59 Å². The molecule has 2 atom stereocenters. The zero-order chi connectivity index (χ0) is 49.3. The van der Waals surface area contributed by atoms with Crippen LogP contribution in [0.25, 0.3) is 10.9 Å². The van der Waals surface area contributed by atoms with Gasteiger partial charge in [-0.3, -0.25) is 14.5 Å². The first kappa shape index (κ1) is 51.6. The van der Waals surface area contributed by atoms with Gasteiger partial charge in [0.2, 0.25) is 11.2 Å². The Morgan fingerprint density at radius 1 is 0.853 bits per heavy atom. The number of ether oxygens (including phenoxy) is 2. The molecule has 13 nitrogen and oxygen atoms in total. The van der Waals surface area contributed by atoms with Gasteiger partial charge in [0.05, 0.1) is 24.8 Å². The van der Waals surface area contributed by atoms with Gasteiger partial charge in [0.25, 0.3) is 5.91 Å². The van der Waals surface area contributed by atoms with E-state index >= 15 is 0 Å². The number of carbonyl (C=O) groups excluding carboxylic acids is 3. The number of nitrogens with one attached hydrogen (secondary N) is 2. The summed E-state index contributed by atoms with van der Waals surface area (Å²) in [6, 6.07) is 31.8. The van der Waals surface area contributed by atoms with Crippen molar-refractivity contribution in [1.82, 2.24) is 20.1 Å². The van der Waals surface area contributed by atoms with Crippen molar-refractivity contribution in [3.8, 4) is 5.75 Å². The van der Waals surface area contributed by atoms with Gasteiger partial charge in [-0.1, -0.05) is 99.6 Å². The number of benzene rings is 4. The predicted octanol–water partition coefficient (Wildman–Crippen LogP) is 9.44. The number of aromatic hydroxyl groups is 1. The first-order valence-electron chi connectivity index (χ1n) is 23.8. The van der Waals surface area contributed by atoms with Crippen LogP contribution in [0.15, 0.2) is 114 Å². The molecule has 4 N–H and O–H groups in total. The van der Waals surface area contributed by atoms with Crippen molar-refractivity contribution in [3.05, 3.63) is 147 Å². The van der Waals surface area contributed by atoms with Crippen LogP contribution < -0.4 is 10.9 Å². The maximum absolute atomic E-state index is 14.0. The van der Waals surface area contributed by atoms with Crippen LogP contribution in [-0.2, 0) is 30.8 Å². The molecule has 1 aromatic heterocycles. The molecule has 1 fully saturated rings. The standard InChI is InChI=1S/C54H70N4O9Si/c1-52(2,3)66-51(63)58(36-46(67-68(7,8)53(4,5)6)43-24-26-45(59)48-44(43)25-27-47(60)56-48)31-16-15-30-55-49(61)40-20-17-23-42(34-40)54(64,41-21-13-10-14-22-41)50(62)65-37-39-28-32-57(33-29-39)35-38-18-11-9-12-19-38/h9-14,17-27,34,39,46,59,64H,15-16,28-33,35-37H2,1-8H3,(H,55,61)(H,56,60). The first-order chi connectivity index (χ1) is 32.1. The van der Waals surface area contributed by atoms with Crippen LogP contribution in [0, 0.1) is 5.92 Å². The highest BCUT2D eigenvalue weighted by Gasteiger charge is 2.43. The van der Waals surface area contributed by atoms with Crippen molar-refractivity contribution < 1.29 is 38.5 Å². The smallest absolute Gasteiger partial charge is 0.410 e. The summed E-state index contributed by atoms with van der Waals surface area (Å²) in [6.45, 7) is 19.6. The number of H-pyrrole nitrogens is 1. The number of piperidine rings is 1. The SMILES string of the molecule is CC(C)(C)OC(=O)N(CCCCNC(=O)c1cccc(C(O)(C(=O)OCC2CCN(Cc3ccccc3)CC2)c2ccccc2)c1)CC(O[Si](C)(C)C(C)(C)C)c1ccc(O)c2[nH]c(=O)ccc12. The average Bonchev–Trinajstić information content (AvgIpc) is 3.30. The van der Waals surface area contributed by atoms with Crippen LogP contribution in [0.5, 0.6) is 5.75 Å². The molecule has 6 rings (SSSR count). The minimum Gasteiger partial charge on any atom is -0.506 e. The number of likely N-dealkylation sites (tertiary alicyclic amines) is 1. The van der Waals surface area contributed by atoms with Gasteiger partial charge in [0, 0.05) is 42.2 Å². The molecule has 2 unspecified atom stereocenters. The van der Waals surface area contributed by atoms with E-state index < -0.39 is 37.7 Å². The molecule has 2 amide bonds. The summed E-state index contributed by atoms with van der Waals surface area (Å²) in [4.78, 5) is 60.7. The Morgan fingerprint density at radius 2 is 1.51 bits per heavy atom. The van der Waals surface area contributed by atoms with Gasteiger partial charge >= 0.3 is 12.1 Å². The number of nitrogens with zero attached hydrogens (tertiary/aromatic N) is 2. The lowest BCUT2D eigenvalue weighted by molar-refractivity contribution is -0.164. The zero-order valence-electron chi connectivity index (χ0n) is 41.0. The molecule has 14 heteroatoms. The van der Waals surface area contributed by atoms with Crippen molar-refractivity contribution in [3.63, 3.8) is 0 Å². The van der Waals surface area contributed by atoms with E-state index in [4.69, 9.17) is 13.9 Å². The molecule has 1 saturated heterocycles. The molecular formula is C54H70N4O9Si. The largest absolute Gasteiger partial charge is 0.506 e. The van der Waals surface area contributed by atoms with E-state index in [2.05, 4.69) is 61.2 Å². The molecule has 0 bridgehead atoms. The quantitative estimate of drug-likeness (QED) is 0.0377. The zero-order valence-corrected chi connectivity index (χ0v) is 42.0. The molecule has 0 aliphatic carbocycles. The average molecular weight is 947 g/mol. The Bertz CT molecular complexity index is 2550. The second-order valence-electron chi connectivity index (χ2n) is 20.5. The van der Waals surface area contributed by atoms with Gasteiger partial charge in [-0.15, -0.1) is 0 Å². The Balaban J connectivity index is 1.12. The molecular weight excluding hydrogens is 877 g/mol. The van der Waals surface area contributed by atoms with Crippen LogP contribution in [0.3, 0.4) is 0 Å². The Labute approximate surface area is 402 Å². The lowest BCUT2D eigenvalue weighted by atomic mass is 9.85. The summed E-state index contributed by atoms with van der Waals surface area (Å²) >= 11 is 0. The van der Waals surface area contributed by atoms with Crippen LogP contribution in [0.1, 0.15) is 106 Å². The van der Waals surface area contributed by atoms with Crippen LogP contribution in [0.2, 0.25) is 18.1 Å². The summed E-state index contributed by atoms with van der Waals surface area (Å²) in [5, 5.41) is 26.4. The molecule has 4 aromatic carbocycles. The minimum atomic E-state index is -2.47. The lowest BCUT2D eigenvalue weighted by Gasteiger charge is -2.41. The van der Waals surface area contributed by atoms with Gasteiger partial charge in [0.1, 0.15) is 11.4 Å². The second-order valence-corrected chi connectivity index (χ2v) is 25.3. The normalized spacial score (nSPS) is 15.3. The second kappa shape index (κ2) is 22.1. The molecule has 0 radical (unpaired) electrons. The van der Waals surface area contributed by atoms with Crippen molar-refractivity contribution in [2.45, 2.75) is 109 Å². The molecule has 2 heterocycles. The van der Waals surface area contributed by atoms with E-state index in [-0.39, 0.29) is 71.1 Å². The van der Waals surface area contributed by atoms with E-state index in [0.29, 0.717) is 29.4 Å². The van der Waals surface area contributed by atoms with Crippen LogP contribution in [-0.4, -0.2) is 96.2 Å². The fourth-order valence-electron chi connectivity index (χ4n) is 8.20. The highest BCUT2D eigenvalue weighted by atomic mass is 28.4. The van der Waals surface area contributed by atoms with Gasteiger partial charge in [0.15, 0.2) is 8.32 Å². The number of esters is 1. The molecule has 1 aliphatic rings. The van der Waals surface area contributed by atoms with E-state index in [1.807, 2.05) is 39.0 Å². The number of hydrogen-bond donors (Lipinski definition) is 4. The van der Waals surface area contributed by atoms with Gasteiger partial charge in [-0.05, 0) is 125 Å². The number of phenolic OH excluding ortho intramolecular Hbond substituents is 1. The number of rotatable bonds is 18. The number of phenols is 1. The van der Waals surface area contributed by atoms with Gasteiger partial charge < -0.3 is 39.3 Å². The van der Waals surface area contributed by atoms with Crippen molar-refractivity contribution in [2.24, 2.45) is 5.92 Å². The number of aliphatic hydroxyl groups is 1. The summed E-state index contributed by atoms with van der Waals surface area (Å²) in [6.07, 6.45) is 1.58. The molecule has 1 aliphatic heterocycles. The highest BCUT2D eigenvalue weighted by molar-refractivity contribution is 6.74. The number of aromatic amines is 1. The number of fused-ring (bicyclic) bond motifs is 1. The topological polar surface area (TPSA) is 171 Å². The number of amides is 2. The fraction of sp³-hybridized carbons (Fsp3) is 0.444. The number of carbonyl (C=O) groups is 3. The van der Waals surface area contributed by atoms with Crippen LogP contribution >= 0.6 is 0 Å².